The molecule has 1 aromatic rings. The van der Waals surface area contributed by atoms with Crippen LogP contribution in [0.4, 0.5) is 5.69 Å². The van der Waals surface area contributed by atoms with E-state index in [0.717, 1.165) is 23.2 Å². The average molecular weight is 246 g/mol. The highest BCUT2D eigenvalue weighted by Gasteiger charge is 2.27. The van der Waals surface area contributed by atoms with Crippen molar-refractivity contribution < 1.29 is 8.42 Å². The van der Waals surface area contributed by atoms with Crippen molar-refractivity contribution in [3.63, 3.8) is 0 Å². The summed E-state index contributed by atoms with van der Waals surface area (Å²) in [7, 11) is -3.16. The first-order valence-corrected chi connectivity index (χ1v) is 6.89. The van der Waals surface area contributed by atoms with Gasteiger partial charge in [-0.15, -0.1) is 0 Å². The number of aryl methyl sites for hydroxylation is 1. The van der Waals surface area contributed by atoms with Crippen molar-refractivity contribution in [2.45, 2.75) is 13.3 Å². The molecule has 0 amide bonds. The lowest BCUT2D eigenvalue weighted by Crippen LogP contribution is -2.28. The Hall–Kier alpha value is -0.740. The van der Waals surface area contributed by atoms with Crippen molar-refractivity contribution in [1.82, 2.24) is 0 Å². The van der Waals surface area contributed by atoms with E-state index in [2.05, 4.69) is 0 Å². The van der Waals surface area contributed by atoms with Crippen LogP contribution in [0, 0.1) is 6.92 Å². The predicted molar refractivity (Wildman–Crippen MR) is 62.1 cm³/mol. The Balaban J connectivity index is 2.61. The normalized spacial score (nSPS) is 15.5. The summed E-state index contributed by atoms with van der Waals surface area (Å²) >= 11 is 5.92. The molecule has 0 atom stereocenters. The number of fused-ring (bicyclic) bond motifs is 1. The monoisotopic (exact) mass is 245 g/mol. The van der Waals surface area contributed by atoms with Crippen molar-refractivity contribution >= 4 is 27.3 Å². The lowest BCUT2D eigenvalue weighted by molar-refractivity contribution is 0.598. The number of nitrogens with zero attached hydrogens (tertiary/aromatic N) is 1. The minimum absolute atomic E-state index is 0.523. The molecule has 0 aromatic heterocycles. The Kier molecular flexibility index (Phi) is 2.43. The van der Waals surface area contributed by atoms with Gasteiger partial charge in [0, 0.05) is 11.6 Å². The number of hydrogen-bond donors (Lipinski definition) is 0. The van der Waals surface area contributed by atoms with Crippen LogP contribution in [0.25, 0.3) is 0 Å². The summed E-state index contributed by atoms with van der Waals surface area (Å²) in [6, 6.07) is 3.64. The second kappa shape index (κ2) is 3.39. The molecule has 0 N–H and O–H groups in total. The second-order valence-corrected chi connectivity index (χ2v) is 6.16. The fraction of sp³-hybridized carbons (Fsp3) is 0.400. The van der Waals surface area contributed by atoms with Crippen LogP contribution in [0.2, 0.25) is 5.02 Å². The lowest BCUT2D eigenvalue weighted by atomic mass is 10.1. The third-order valence-corrected chi connectivity index (χ3v) is 3.96. The van der Waals surface area contributed by atoms with Crippen LogP contribution in [0.1, 0.15) is 11.1 Å². The van der Waals surface area contributed by atoms with Gasteiger partial charge in [0.15, 0.2) is 0 Å². The smallest absolute Gasteiger partial charge is 0.232 e. The Bertz CT molecular complexity index is 510. The van der Waals surface area contributed by atoms with Crippen LogP contribution < -0.4 is 4.31 Å². The molecule has 0 saturated carbocycles. The molecule has 0 saturated heterocycles. The zero-order valence-corrected chi connectivity index (χ0v) is 10.2. The first-order valence-electron chi connectivity index (χ1n) is 4.66. The number of hydrogen-bond acceptors (Lipinski definition) is 2. The Morgan fingerprint density at radius 2 is 2.07 bits per heavy atom. The minimum Gasteiger partial charge on any atom is -0.270 e. The average Bonchev–Trinajstić information content (AvgIpc) is 2.45. The number of sulfonamides is 1. The molecule has 82 valence electrons. The Labute approximate surface area is 94.7 Å². The summed E-state index contributed by atoms with van der Waals surface area (Å²) in [4.78, 5) is 0. The van der Waals surface area contributed by atoms with E-state index in [-0.39, 0.29) is 0 Å². The van der Waals surface area contributed by atoms with Gasteiger partial charge in [-0.05, 0) is 36.6 Å². The van der Waals surface area contributed by atoms with Crippen molar-refractivity contribution in [2.24, 2.45) is 0 Å². The fourth-order valence-electron chi connectivity index (χ4n) is 2.02. The molecule has 1 heterocycles. The van der Waals surface area contributed by atoms with E-state index in [1.54, 1.807) is 6.07 Å². The molecule has 0 aliphatic carbocycles. The molecule has 0 bridgehead atoms. The van der Waals surface area contributed by atoms with E-state index >= 15 is 0 Å². The van der Waals surface area contributed by atoms with Gasteiger partial charge in [0.1, 0.15) is 0 Å². The summed E-state index contributed by atoms with van der Waals surface area (Å²) in [6.07, 6.45) is 1.97. The summed E-state index contributed by atoms with van der Waals surface area (Å²) < 4.78 is 24.5. The molecule has 15 heavy (non-hydrogen) atoms. The van der Waals surface area contributed by atoms with Crippen LogP contribution in [-0.4, -0.2) is 21.2 Å². The van der Waals surface area contributed by atoms with Crippen LogP contribution in [-0.2, 0) is 16.4 Å². The van der Waals surface area contributed by atoms with Gasteiger partial charge >= 0.3 is 0 Å². The minimum atomic E-state index is -3.16. The molecule has 1 aliphatic rings. The number of benzene rings is 1. The third kappa shape index (κ3) is 1.84. The molecule has 0 fully saturated rings. The topological polar surface area (TPSA) is 37.4 Å². The number of anilines is 1. The summed E-state index contributed by atoms with van der Waals surface area (Å²) in [5.74, 6) is 0. The van der Waals surface area contributed by atoms with Gasteiger partial charge in [-0.1, -0.05) is 11.6 Å². The molecule has 3 nitrogen and oxygen atoms in total. The maximum atomic E-state index is 11.5. The maximum absolute atomic E-state index is 11.5. The van der Waals surface area contributed by atoms with Crippen molar-refractivity contribution in [3.8, 4) is 0 Å². The first-order chi connectivity index (χ1) is 6.89. The zero-order valence-electron chi connectivity index (χ0n) is 8.62. The van der Waals surface area contributed by atoms with Gasteiger partial charge < -0.3 is 0 Å². The lowest BCUT2D eigenvalue weighted by Gasteiger charge is -2.18. The number of rotatable bonds is 1. The van der Waals surface area contributed by atoms with Gasteiger partial charge in [0.05, 0.1) is 11.9 Å². The van der Waals surface area contributed by atoms with Gasteiger partial charge in [-0.3, -0.25) is 4.31 Å². The second-order valence-electron chi connectivity index (χ2n) is 3.82. The molecule has 1 aliphatic heterocycles. The van der Waals surface area contributed by atoms with Gasteiger partial charge in [-0.25, -0.2) is 8.42 Å². The highest BCUT2D eigenvalue weighted by atomic mass is 35.5. The molecular formula is C10H12ClNO2S. The molecular weight excluding hydrogens is 234 g/mol. The molecule has 0 unspecified atom stereocenters. The van der Waals surface area contributed by atoms with E-state index in [4.69, 9.17) is 11.6 Å². The molecule has 2 rings (SSSR count). The van der Waals surface area contributed by atoms with E-state index in [1.807, 2.05) is 13.0 Å². The largest absolute Gasteiger partial charge is 0.270 e. The van der Waals surface area contributed by atoms with Crippen LogP contribution in [0.15, 0.2) is 12.1 Å². The molecule has 0 spiro atoms. The molecule has 0 radical (unpaired) electrons. The van der Waals surface area contributed by atoms with E-state index < -0.39 is 10.0 Å². The molecule has 5 heteroatoms. The first kappa shape index (κ1) is 10.8. The summed E-state index contributed by atoms with van der Waals surface area (Å²) in [6.45, 7) is 2.41. The summed E-state index contributed by atoms with van der Waals surface area (Å²) in [5, 5.41) is 0.668. The van der Waals surface area contributed by atoms with Gasteiger partial charge in [0.2, 0.25) is 10.0 Å². The SMILES string of the molecule is Cc1cc(Cl)cc2c1N(S(C)(=O)=O)CC2. The third-order valence-electron chi connectivity index (χ3n) is 2.58. The number of halogens is 1. The van der Waals surface area contributed by atoms with Crippen LogP contribution >= 0.6 is 11.6 Å². The summed E-state index contributed by atoms with van der Waals surface area (Å²) in [5.41, 5.74) is 2.74. The van der Waals surface area contributed by atoms with Gasteiger partial charge in [-0.2, -0.15) is 0 Å². The molecule has 1 aromatic carbocycles. The highest BCUT2D eigenvalue weighted by molar-refractivity contribution is 7.92. The fourth-order valence-corrected chi connectivity index (χ4v) is 3.33. The van der Waals surface area contributed by atoms with Crippen molar-refractivity contribution in [2.75, 3.05) is 17.1 Å². The van der Waals surface area contributed by atoms with E-state index in [1.165, 1.54) is 10.6 Å². The van der Waals surface area contributed by atoms with Crippen molar-refractivity contribution in [3.05, 3.63) is 28.3 Å². The van der Waals surface area contributed by atoms with Gasteiger partial charge in [0.25, 0.3) is 0 Å². The zero-order chi connectivity index (χ0) is 11.2. The quantitative estimate of drug-likeness (QED) is 0.759. The van der Waals surface area contributed by atoms with E-state index in [9.17, 15) is 8.42 Å². The van der Waals surface area contributed by atoms with Crippen LogP contribution in [0.5, 0.6) is 0 Å². The van der Waals surface area contributed by atoms with Crippen LogP contribution in [0.3, 0.4) is 0 Å². The Morgan fingerprint density at radius 3 is 2.67 bits per heavy atom. The standard InChI is InChI=1S/C10H12ClNO2S/c1-7-5-9(11)6-8-3-4-12(10(7)8)15(2,13)14/h5-6H,3-4H2,1-2H3. The maximum Gasteiger partial charge on any atom is 0.232 e. The predicted octanol–water partition coefficient (Wildman–Crippen LogP) is 1.97. The highest BCUT2D eigenvalue weighted by Crippen LogP contribution is 2.35. The Morgan fingerprint density at radius 1 is 1.40 bits per heavy atom. The van der Waals surface area contributed by atoms with Crippen molar-refractivity contribution in [1.29, 1.82) is 0 Å². The van der Waals surface area contributed by atoms with E-state index in [0.29, 0.717) is 11.6 Å².